The number of carboxylic acids is 1. The second-order valence-corrected chi connectivity index (χ2v) is 18.1. The number of carboxylic acid groups (broad SMARTS) is 1. The van der Waals surface area contributed by atoms with Crippen LogP contribution in [0.3, 0.4) is 0 Å². The molecular weight excluding hydrogens is 815 g/mol. The molecule has 0 radical (unpaired) electrons. The van der Waals surface area contributed by atoms with Crippen LogP contribution >= 0.6 is 0 Å². The van der Waals surface area contributed by atoms with E-state index in [1.807, 2.05) is 21.1 Å². The molecule has 9 nitrogen and oxygen atoms in total. The number of rotatable bonds is 46. The Morgan fingerprint density at radius 2 is 0.877 bits per heavy atom. The molecule has 65 heavy (non-hydrogen) atoms. The van der Waals surface area contributed by atoms with Crippen molar-refractivity contribution in [1.82, 2.24) is 0 Å². The minimum atomic E-state index is -1.63. The molecule has 372 valence electrons. The average molecular weight is 910 g/mol. The van der Waals surface area contributed by atoms with Gasteiger partial charge in [-0.05, 0) is 89.9 Å². The van der Waals surface area contributed by atoms with E-state index in [4.69, 9.17) is 18.9 Å². The van der Waals surface area contributed by atoms with E-state index in [0.29, 0.717) is 17.4 Å². The maximum atomic E-state index is 12.8. The standard InChI is InChI=1S/C56H95NO8/c1-6-8-10-12-14-16-18-20-22-24-26-27-29-31-33-35-37-39-41-43-45-47-54(59)65-52(51-64-56(55(60)61)62-49-48-57(3,4)5)50-63-53(58)46-44-42-40-38-36-34-32-30-28-25-23-21-19-17-15-13-11-9-7-2/h8,10,14-17,20-23,26-27,31,33,52,56H,6-7,9,11-13,18-19,24-25,28-30,32,34-51H2,1-5H3/b10-8-,16-14-,17-15-,22-20-,23-21-,27-26-,33-31-. The van der Waals surface area contributed by atoms with Crippen molar-refractivity contribution in [3.05, 3.63) is 85.1 Å². The quantitative estimate of drug-likeness (QED) is 0.0195. The molecule has 0 bridgehead atoms. The van der Waals surface area contributed by atoms with Crippen molar-refractivity contribution in [3.63, 3.8) is 0 Å². The van der Waals surface area contributed by atoms with Gasteiger partial charge < -0.3 is 33.3 Å². The number of carbonyl (C=O) groups excluding carboxylic acids is 3. The zero-order valence-electron chi connectivity index (χ0n) is 42.1. The second-order valence-electron chi connectivity index (χ2n) is 18.1. The topological polar surface area (TPSA) is 111 Å². The first-order valence-corrected chi connectivity index (χ1v) is 25.7. The van der Waals surface area contributed by atoms with E-state index in [0.717, 1.165) is 103 Å². The number of ether oxygens (including phenoxy) is 4. The monoisotopic (exact) mass is 910 g/mol. The molecule has 0 aromatic rings. The van der Waals surface area contributed by atoms with Gasteiger partial charge in [-0.15, -0.1) is 0 Å². The summed E-state index contributed by atoms with van der Waals surface area (Å²) in [5.41, 5.74) is 0. The molecule has 0 amide bonds. The Balaban J connectivity index is 4.41. The van der Waals surface area contributed by atoms with Crippen LogP contribution < -0.4 is 5.11 Å². The maximum Gasteiger partial charge on any atom is 0.306 e. The van der Waals surface area contributed by atoms with Crippen LogP contribution in [0.1, 0.15) is 194 Å². The molecule has 9 heteroatoms. The summed E-state index contributed by atoms with van der Waals surface area (Å²) in [6.45, 7) is 4.57. The van der Waals surface area contributed by atoms with Crippen LogP contribution in [-0.2, 0) is 33.3 Å². The first-order valence-electron chi connectivity index (χ1n) is 25.7. The minimum absolute atomic E-state index is 0.138. The lowest BCUT2D eigenvalue weighted by Gasteiger charge is -2.26. The van der Waals surface area contributed by atoms with Crippen LogP contribution in [0, 0.1) is 0 Å². The molecule has 0 aliphatic carbocycles. The fraction of sp³-hybridized carbons (Fsp3) is 0.696. The Bertz CT molecular complexity index is 1340. The van der Waals surface area contributed by atoms with Crippen molar-refractivity contribution in [1.29, 1.82) is 0 Å². The summed E-state index contributed by atoms with van der Waals surface area (Å²) in [6.07, 6.45) is 57.5. The van der Waals surface area contributed by atoms with Gasteiger partial charge in [-0.2, -0.15) is 0 Å². The van der Waals surface area contributed by atoms with Gasteiger partial charge in [0.05, 0.1) is 40.3 Å². The third-order valence-electron chi connectivity index (χ3n) is 10.6. The third kappa shape index (κ3) is 48.2. The normalized spacial score (nSPS) is 13.6. The molecule has 0 N–H and O–H groups in total. The number of quaternary nitrogens is 1. The molecule has 0 spiro atoms. The van der Waals surface area contributed by atoms with E-state index in [-0.39, 0.29) is 38.6 Å². The lowest BCUT2D eigenvalue weighted by Crippen LogP contribution is -2.44. The average Bonchev–Trinajstić information content (AvgIpc) is 3.27. The number of carbonyl (C=O) groups is 3. The zero-order valence-corrected chi connectivity index (χ0v) is 42.1. The van der Waals surface area contributed by atoms with E-state index >= 15 is 0 Å². The number of hydrogen-bond donors (Lipinski definition) is 0. The highest BCUT2D eigenvalue weighted by atomic mass is 16.7. The molecule has 2 unspecified atom stereocenters. The highest BCUT2D eigenvalue weighted by molar-refractivity contribution is 5.70. The number of unbranched alkanes of at least 4 members (excludes halogenated alkanes) is 17. The Hall–Kier alpha value is -3.53. The second kappa shape index (κ2) is 47.0. The molecule has 0 saturated heterocycles. The van der Waals surface area contributed by atoms with E-state index in [9.17, 15) is 19.5 Å². The van der Waals surface area contributed by atoms with Gasteiger partial charge in [-0.3, -0.25) is 9.59 Å². The summed E-state index contributed by atoms with van der Waals surface area (Å²) in [4.78, 5) is 37.2. The van der Waals surface area contributed by atoms with Crippen LogP contribution in [0.15, 0.2) is 85.1 Å². The van der Waals surface area contributed by atoms with Crippen LogP contribution in [0.4, 0.5) is 0 Å². The fourth-order valence-electron chi connectivity index (χ4n) is 6.65. The SMILES string of the molecule is CC/C=C\C/C=C\C/C=C\C/C=C\C/C=C\CCCCCCCC(=O)OC(COC(=O)CCCCCCCCCCC/C=C\C/C=C\CCCCC)COC(OCC[N+](C)(C)C)C(=O)[O-]. The molecule has 0 fully saturated rings. The van der Waals surface area contributed by atoms with Crippen molar-refractivity contribution in [2.24, 2.45) is 0 Å². The Labute approximate surface area is 398 Å². The largest absolute Gasteiger partial charge is 0.545 e. The Kier molecular flexibility index (Phi) is 44.4. The van der Waals surface area contributed by atoms with Crippen molar-refractivity contribution < 1.29 is 42.9 Å². The van der Waals surface area contributed by atoms with Gasteiger partial charge in [0.15, 0.2) is 12.4 Å². The summed E-state index contributed by atoms with van der Waals surface area (Å²) in [7, 11) is 5.90. The summed E-state index contributed by atoms with van der Waals surface area (Å²) < 4.78 is 22.6. The number of esters is 2. The molecule has 2 atom stereocenters. The molecule has 0 heterocycles. The van der Waals surface area contributed by atoms with Gasteiger partial charge in [0, 0.05) is 12.8 Å². The zero-order chi connectivity index (χ0) is 47.7. The molecule has 0 aromatic carbocycles. The third-order valence-corrected chi connectivity index (χ3v) is 10.6. The molecule has 0 aliphatic rings. The smallest absolute Gasteiger partial charge is 0.306 e. The van der Waals surface area contributed by atoms with Gasteiger partial charge in [-0.1, -0.05) is 176 Å². The Morgan fingerprint density at radius 3 is 1.31 bits per heavy atom. The summed E-state index contributed by atoms with van der Waals surface area (Å²) in [5.74, 6) is -2.32. The van der Waals surface area contributed by atoms with Gasteiger partial charge in [0.2, 0.25) is 0 Å². The van der Waals surface area contributed by atoms with E-state index in [1.54, 1.807) is 0 Å². The van der Waals surface area contributed by atoms with Crippen LogP contribution in [0.2, 0.25) is 0 Å². The van der Waals surface area contributed by atoms with Crippen LogP contribution in [-0.4, -0.2) is 82.3 Å². The van der Waals surface area contributed by atoms with Crippen LogP contribution in [0.25, 0.3) is 0 Å². The van der Waals surface area contributed by atoms with Crippen molar-refractivity contribution in [2.45, 2.75) is 206 Å². The van der Waals surface area contributed by atoms with Gasteiger partial charge in [-0.25, -0.2) is 0 Å². The van der Waals surface area contributed by atoms with Crippen molar-refractivity contribution >= 4 is 17.9 Å². The van der Waals surface area contributed by atoms with Crippen molar-refractivity contribution in [3.8, 4) is 0 Å². The summed E-state index contributed by atoms with van der Waals surface area (Å²) in [5, 5.41) is 11.7. The summed E-state index contributed by atoms with van der Waals surface area (Å²) >= 11 is 0. The van der Waals surface area contributed by atoms with Crippen LogP contribution in [0.5, 0.6) is 0 Å². The molecule has 0 saturated carbocycles. The van der Waals surface area contributed by atoms with Crippen molar-refractivity contribution in [2.75, 3.05) is 47.5 Å². The lowest BCUT2D eigenvalue weighted by atomic mass is 10.1. The predicted molar refractivity (Wildman–Crippen MR) is 269 cm³/mol. The number of allylic oxidation sites excluding steroid dienone is 14. The first-order chi connectivity index (χ1) is 31.6. The highest BCUT2D eigenvalue weighted by Gasteiger charge is 2.21. The molecule has 0 aromatic heterocycles. The fourth-order valence-corrected chi connectivity index (χ4v) is 6.65. The van der Waals surface area contributed by atoms with E-state index in [2.05, 4.69) is 98.9 Å². The minimum Gasteiger partial charge on any atom is -0.545 e. The number of nitrogens with zero attached hydrogens (tertiary/aromatic N) is 1. The van der Waals surface area contributed by atoms with E-state index in [1.165, 1.54) is 57.8 Å². The number of aliphatic carboxylic acids is 1. The van der Waals surface area contributed by atoms with Gasteiger partial charge in [0.25, 0.3) is 0 Å². The lowest BCUT2D eigenvalue weighted by molar-refractivity contribution is -0.870. The van der Waals surface area contributed by atoms with E-state index < -0.39 is 24.3 Å². The molecule has 0 aliphatic heterocycles. The highest BCUT2D eigenvalue weighted by Crippen LogP contribution is 2.14. The number of hydrogen-bond acceptors (Lipinski definition) is 8. The molecular formula is C56H95NO8. The molecule has 0 rings (SSSR count). The predicted octanol–water partition coefficient (Wildman–Crippen LogP) is 13.1. The maximum absolute atomic E-state index is 12.8. The summed E-state index contributed by atoms with van der Waals surface area (Å²) in [6, 6.07) is 0. The Morgan fingerprint density at radius 1 is 0.477 bits per heavy atom. The van der Waals surface area contributed by atoms with Gasteiger partial charge in [0.1, 0.15) is 13.2 Å². The van der Waals surface area contributed by atoms with Gasteiger partial charge >= 0.3 is 11.9 Å². The number of likely N-dealkylation sites (N-methyl/N-ethyl adjacent to an activating group) is 1. The first kappa shape index (κ1) is 61.5.